The van der Waals surface area contributed by atoms with Crippen LogP contribution < -0.4 is 0 Å². The van der Waals surface area contributed by atoms with Crippen molar-refractivity contribution in [2.45, 2.75) is 6.42 Å². The Kier molecular flexibility index (Phi) is 2.50. The van der Waals surface area contributed by atoms with Crippen LogP contribution in [0, 0.1) is 5.92 Å². The molecule has 1 atom stereocenters. The van der Waals surface area contributed by atoms with Crippen LogP contribution in [0.5, 0.6) is 0 Å². The van der Waals surface area contributed by atoms with Gasteiger partial charge < -0.3 is 4.48 Å². The fourth-order valence-corrected chi connectivity index (χ4v) is 1.47. The second-order valence-electron chi connectivity index (χ2n) is 4.28. The molecule has 0 saturated heterocycles. The number of nitrogens with zero attached hydrogens (tertiary/aromatic N) is 1. The molecule has 0 fully saturated rings. The molecule has 1 rings (SSSR count). The maximum atomic E-state index is 2.31. The molecule has 1 aliphatic rings. The van der Waals surface area contributed by atoms with Gasteiger partial charge in [0.2, 0.25) is 0 Å². The average molecular weight is 152 g/mol. The molecule has 1 aliphatic carbocycles. The van der Waals surface area contributed by atoms with Crippen molar-refractivity contribution in [3.8, 4) is 0 Å². The molecule has 0 heterocycles. The average Bonchev–Trinajstić information content (AvgIpc) is 1.85. The van der Waals surface area contributed by atoms with Crippen molar-refractivity contribution >= 4 is 0 Å². The van der Waals surface area contributed by atoms with Gasteiger partial charge in [-0.1, -0.05) is 24.3 Å². The fourth-order valence-electron chi connectivity index (χ4n) is 1.47. The summed E-state index contributed by atoms with van der Waals surface area (Å²) in [6, 6.07) is 0. The summed E-state index contributed by atoms with van der Waals surface area (Å²) in [6.45, 7) is 1.24. The molecule has 0 radical (unpaired) electrons. The molecule has 0 saturated carbocycles. The molecule has 1 unspecified atom stereocenters. The standard InChI is InChI=1S/C10H18N/c1-11(2,3)9-10-7-5-4-6-8-10/h4-7,10H,8-9H2,1-3H3/q+1. The van der Waals surface area contributed by atoms with Gasteiger partial charge in [-0.15, -0.1) is 0 Å². The van der Waals surface area contributed by atoms with E-state index in [2.05, 4.69) is 45.4 Å². The van der Waals surface area contributed by atoms with E-state index in [4.69, 9.17) is 0 Å². The quantitative estimate of drug-likeness (QED) is 0.529. The molecule has 0 aromatic heterocycles. The van der Waals surface area contributed by atoms with Crippen molar-refractivity contribution in [2.24, 2.45) is 5.92 Å². The Balaban J connectivity index is 2.39. The molecule has 0 N–H and O–H groups in total. The first-order chi connectivity index (χ1) is 5.08. The topological polar surface area (TPSA) is 0 Å². The molecule has 0 aromatic carbocycles. The van der Waals surface area contributed by atoms with Gasteiger partial charge in [0, 0.05) is 5.92 Å². The number of hydrogen-bond donors (Lipinski definition) is 0. The maximum Gasteiger partial charge on any atom is 0.0847 e. The molecule has 0 aliphatic heterocycles. The number of quaternary nitrogens is 1. The van der Waals surface area contributed by atoms with Crippen molar-refractivity contribution < 1.29 is 4.48 Å². The monoisotopic (exact) mass is 152 g/mol. The van der Waals surface area contributed by atoms with Gasteiger partial charge in [0.25, 0.3) is 0 Å². The van der Waals surface area contributed by atoms with E-state index >= 15 is 0 Å². The minimum atomic E-state index is 0.750. The molecule has 1 heteroatoms. The molecule has 0 spiro atoms. The van der Waals surface area contributed by atoms with Crippen LogP contribution in [0.3, 0.4) is 0 Å². The van der Waals surface area contributed by atoms with Crippen molar-refractivity contribution in [3.05, 3.63) is 24.3 Å². The van der Waals surface area contributed by atoms with Gasteiger partial charge in [0.1, 0.15) is 0 Å². The third-order valence-corrected chi connectivity index (χ3v) is 1.85. The lowest BCUT2D eigenvalue weighted by atomic mass is 10.00. The predicted octanol–water partition coefficient (Wildman–Crippen LogP) is 1.82. The molecule has 0 aromatic rings. The summed E-state index contributed by atoms with van der Waals surface area (Å²) in [5, 5.41) is 0. The highest BCUT2D eigenvalue weighted by atomic mass is 15.3. The Bertz CT molecular complexity index is 172. The van der Waals surface area contributed by atoms with Crippen LogP contribution in [0.15, 0.2) is 24.3 Å². The first-order valence-corrected chi connectivity index (χ1v) is 4.22. The van der Waals surface area contributed by atoms with Crippen molar-refractivity contribution in [1.82, 2.24) is 0 Å². The van der Waals surface area contributed by atoms with E-state index in [0.717, 1.165) is 10.4 Å². The molecule has 62 valence electrons. The van der Waals surface area contributed by atoms with E-state index in [0.29, 0.717) is 0 Å². The minimum absolute atomic E-state index is 0.750. The Morgan fingerprint density at radius 3 is 2.45 bits per heavy atom. The first kappa shape index (κ1) is 8.54. The zero-order chi connectivity index (χ0) is 8.32. The van der Waals surface area contributed by atoms with Crippen LogP contribution in [0.2, 0.25) is 0 Å². The Morgan fingerprint density at radius 1 is 1.27 bits per heavy atom. The zero-order valence-corrected chi connectivity index (χ0v) is 7.75. The fraction of sp³-hybridized carbons (Fsp3) is 0.600. The first-order valence-electron chi connectivity index (χ1n) is 4.22. The summed E-state index contributed by atoms with van der Waals surface area (Å²) in [4.78, 5) is 0. The van der Waals surface area contributed by atoms with E-state index < -0.39 is 0 Å². The summed E-state index contributed by atoms with van der Waals surface area (Å²) in [5.74, 6) is 0.750. The SMILES string of the molecule is C[N+](C)(C)CC1C=CC=CC1. The van der Waals surface area contributed by atoms with Gasteiger partial charge in [-0.2, -0.15) is 0 Å². The smallest absolute Gasteiger partial charge is 0.0847 e. The van der Waals surface area contributed by atoms with Crippen LogP contribution >= 0.6 is 0 Å². The Morgan fingerprint density at radius 2 is 2.00 bits per heavy atom. The second-order valence-corrected chi connectivity index (χ2v) is 4.28. The maximum absolute atomic E-state index is 2.31. The largest absolute Gasteiger partial charge is 0.330 e. The van der Waals surface area contributed by atoms with E-state index in [9.17, 15) is 0 Å². The number of hydrogen-bond acceptors (Lipinski definition) is 0. The Hall–Kier alpha value is -0.560. The number of rotatable bonds is 2. The Labute approximate surface area is 69.6 Å². The summed E-state index contributed by atoms with van der Waals surface area (Å²) in [6.07, 6.45) is 10.1. The summed E-state index contributed by atoms with van der Waals surface area (Å²) in [7, 11) is 6.73. The third kappa shape index (κ3) is 3.38. The zero-order valence-electron chi connectivity index (χ0n) is 7.75. The molecule has 0 amide bonds. The molecule has 0 bridgehead atoms. The van der Waals surface area contributed by atoms with Gasteiger partial charge in [0.15, 0.2) is 0 Å². The van der Waals surface area contributed by atoms with E-state index in [1.165, 1.54) is 13.0 Å². The van der Waals surface area contributed by atoms with Gasteiger partial charge in [0.05, 0.1) is 27.7 Å². The molecule has 1 nitrogen and oxygen atoms in total. The summed E-state index contributed by atoms with van der Waals surface area (Å²) < 4.78 is 1.06. The lowest BCUT2D eigenvalue weighted by molar-refractivity contribution is -0.873. The third-order valence-electron chi connectivity index (χ3n) is 1.85. The summed E-state index contributed by atoms with van der Waals surface area (Å²) in [5.41, 5.74) is 0. The van der Waals surface area contributed by atoms with E-state index in [1.54, 1.807) is 0 Å². The summed E-state index contributed by atoms with van der Waals surface area (Å²) >= 11 is 0. The van der Waals surface area contributed by atoms with Gasteiger partial charge >= 0.3 is 0 Å². The van der Waals surface area contributed by atoms with E-state index in [-0.39, 0.29) is 0 Å². The van der Waals surface area contributed by atoms with E-state index in [1.807, 2.05) is 0 Å². The normalized spacial score (nSPS) is 24.1. The highest BCUT2D eigenvalue weighted by molar-refractivity contribution is 5.10. The van der Waals surface area contributed by atoms with Crippen LogP contribution in [-0.4, -0.2) is 32.2 Å². The highest BCUT2D eigenvalue weighted by Gasteiger charge is 2.14. The van der Waals surface area contributed by atoms with Crippen LogP contribution in [0.25, 0.3) is 0 Å². The number of allylic oxidation sites excluding steroid dienone is 3. The molecular formula is C10H18N+. The highest BCUT2D eigenvalue weighted by Crippen LogP contribution is 2.13. The second kappa shape index (κ2) is 3.22. The van der Waals surface area contributed by atoms with Gasteiger partial charge in [-0.3, -0.25) is 0 Å². The predicted molar refractivity (Wildman–Crippen MR) is 49.3 cm³/mol. The van der Waals surface area contributed by atoms with Gasteiger partial charge in [-0.05, 0) is 6.42 Å². The van der Waals surface area contributed by atoms with Crippen LogP contribution in [0.4, 0.5) is 0 Å². The van der Waals surface area contributed by atoms with Crippen LogP contribution in [0.1, 0.15) is 6.42 Å². The van der Waals surface area contributed by atoms with Crippen molar-refractivity contribution in [2.75, 3.05) is 27.7 Å². The minimum Gasteiger partial charge on any atom is -0.330 e. The lowest BCUT2D eigenvalue weighted by Gasteiger charge is -2.28. The molecular weight excluding hydrogens is 134 g/mol. The molecule has 11 heavy (non-hydrogen) atoms. The van der Waals surface area contributed by atoms with Crippen molar-refractivity contribution in [3.63, 3.8) is 0 Å². The van der Waals surface area contributed by atoms with Crippen LogP contribution in [-0.2, 0) is 0 Å². The van der Waals surface area contributed by atoms with Gasteiger partial charge in [-0.25, -0.2) is 0 Å². The lowest BCUT2D eigenvalue weighted by Crippen LogP contribution is -2.38. The van der Waals surface area contributed by atoms with Crippen molar-refractivity contribution in [1.29, 1.82) is 0 Å².